The lowest BCUT2D eigenvalue weighted by atomic mass is 10.3. The van der Waals surface area contributed by atoms with Crippen LogP contribution in [0.15, 0.2) is 16.5 Å². The van der Waals surface area contributed by atoms with Crippen molar-refractivity contribution in [1.29, 1.82) is 0 Å². The number of nitrogens with two attached hydrogens (primary N) is 1. The lowest BCUT2D eigenvalue weighted by Crippen LogP contribution is -2.09. The van der Waals surface area contributed by atoms with Crippen molar-refractivity contribution in [3.05, 3.63) is 35.0 Å². The van der Waals surface area contributed by atoms with E-state index in [1.807, 2.05) is 26.0 Å². The van der Waals surface area contributed by atoms with Gasteiger partial charge in [0.05, 0.1) is 6.54 Å². The minimum atomic E-state index is 0.495. The summed E-state index contributed by atoms with van der Waals surface area (Å²) < 4.78 is 5.53. The van der Waals surface area contributed by atoms with E-state index in [0.717, 1.165) is 28.7 Å². The van der Waals surface area contributed by atoms with Gasteiger partial charge in [0, 0.05) is 11.5 Å². The number of nitrogen functional groups attached to an aromatic ring is 1. The molecule has 1 saturated carbocycles. The highest BCUT2D eigenvalue weighted by molar-refractivity contribution is 5.55. The molecule has 3 rings (SSSR count). The van der Waals surface area contributed by atoms with Gasteiger partial charge in [-0.15, -0.1) is 0 Å². The van der Waals surface area contributed by atoms with E-state index in [1.165, 1.54) is 12.8 Å². The van der Waals surface area contributed by atoms with Crippen LogP contribution in [-0.4, -0.2) is 9.97 Å². The number of aryl methyl sites for hydroxylation is 1. The molecule has 1 aliphatic carbocycles. The molecule has 0 aromatic carbocycles. The zero-order chi connectivity index (χ0) is 13.4. The Bertz CT molecular complexity index is 601. The van der Waals surface area contributed by atoms with E-state index >= 15 is 0 Å². The van der Waals surface area contributed by atoms with Crippen LogP contribution in [0.25, 0.3) is 0 Å². The van der Waals surface area contributed by atoms with Crippen LogP contribution in [-0.2, 0) is 6.54 Å². The molecule has 3 N–H and O–H groups in total. The summed E-state index contributed by atoms with van der Waals surface area (Å²) in [5.41, 5.74) is 6.84. The number of nitrogens with zero attached hydrogens (tertiary/aromatic N) is 2. The van der Waals surface area contributed by atoms with Crippen molar-refractivity contribution in [1.82, 2.24) is 9.97 Å². The van der Waals surface area contributed by atoms with Crippen LogP contribution in [0.1, 0.15) is 41.7 Å². The van der Waals surface area contributed by atoms with E-state index in [4.69, 9.17) is 10.2 Å². The van der Waals surface area contributed by atoms with Gasteiger partial charge in [-0.2, -0.15) is 0 Å². The summed E-state index contributed by atoms with van der Waals surface area (Å²) in [7, 11) is 0. The maximum atomic E-state index is 5.95. The first kappa shape index (κ1) is 12.0. The van der Waals surface area contributed by atoms with Crippen molar-refractivity contribution in [2.75, 3.05) is 11.1 Å². The highest BCUT2D eigenvalue weighted by Gasteiger charge is 2.27. The number of furan rings is 1. The molecule has 5 heteroatoms. The summed E-state index contributed by atoms with van der Waals surface area (Å²) in [5, 5.41) is 3.28. The molecule has 19 heavy (non-hydrogen) atoms. The summed E-state index contributed by atoms with van der Waals surface area (Å²) in [6.07, 6.45) is 2.33. The molecule has 0 amide bonds. The topological polar surface area (TPSA) is 77.0 Å². The second kappa shape index (κ2) is 4.57. The molecule has 0 saturated heterocycles. The van der Waals surface area contributed by atoms with E-state index < -0.39 is 0 Å². The van der Waals surface area contributed by atoms with Crippen molar-refractivity contribution in [3.8, 4) is 0 Å². The molecule has 2 aromatic rings. The highest BCUT2D eigenvalue weighted by Crippen LogP contribution is 2.39. The number of hydrogen-bond donors (Lipinski definition) is 2. The number of anilines is 2. The van der Waals surface area contributed by atoms with Crippen molar-refractivity contribution in [2.45, 2.75) is 39.2 Å². The predicted molar refractivity (Wildman–Crippen MR) is 73.9 cm³/mol. The smallest absolute Gasteiger partial charge is 0.136 e. The zero-order valence-electron chi connectivity index (χ0n) is 11.2. The van der Waals surface area contributed by atoms with Crippen molar-refractivity contribution < 1.29 is 4.42 Å². The van der Waals surface area contributed by atoms with Gasteiger partial charge < -0.3 is 15.5 Å². The van der Waals surface area contributed by atoms with Gasteiger partial charge in [-0.25, -0.2) is 9.97 Å². The van der Waals surface area contributed by atoms with Gasteiger partial charge in [0.1, 0.15) is 29.0 Å². The van der Waals surface area contributed by atoms with Gasteiger partial charge in [0.25, 0.3) is 0 Å². The van der Waals surface area contributed by atoms with Gasteiger partial charge in [-0.1, -0.05) is 0 Å². The van der Waals surface area contributed by atoms with Gasteiger partial charge in [0.15, 0.2) is 0 Å². The average molecular weight is 258 g/mol. The lowest BCUT2D eigenvalue weighted by molar-refractivity contribution is 0.490. The van der Waals surface area contributed by atoms with Crippen molar-refractivity contribution >= 4 is 11.6 Å². The summed E-state index contributed by atoms with van der Waals surface area (Å²) >= 11 is 0. The van der Waals surface area contributed by atoms with Crippen LogP contribution in [0.2, 0.25) is 0 Å². The van der Waals surface area contributed by atoms with Crippen LogP contribution in [0.3, 0.4) is 0 Å². The fourth-order valence-electron chi connectivity index (χ4n) is 2.00. The number of aromatic nitrogens is 2. The molecule has 0 aliphatic heterocycles. The molecule has 1 aliphatic rings. The Kier molecular flexibility index (Phi) is 2.89. The summed E-state index contributed by atoms with van der Waals surface area (Å²) in [5.74, 6) is 4.53. The third-order valence-electron chi connectivity index (χ3n) is 3.37. The fourth-order valence-corrected chi connectivity index (χ4v) is 2.00. The molecule has 0 radical (unpaired) electrons. The molecular weight excluding hydrogens is 240 g/mol. The second-order valence-electron chi connectivity index (χ2n) is 5.08. The van der Waals surface area contributed by atoms with Crippen molar-refractivity contribution in [3.63, 3.8) is 0 Å². The second-order valence-corrected chi connectivity index (χ2v) is 5.08. The van der Waals surface area contributed by atoms with Crippen LogP contribution >= 0.6 is 0 Å². The summed E-state index contributed by atoms with van der Waals surface area (Å²) in [6.45, 7) is 4.47. The molecule has 0 spiro atoms. The number of hydrogen-bond acceptors (Lipinski definition) is 5. The van der Waals surface area contributed by atoms with Gasteiger partial charge in [0.2, 0.25) is 0 Å². The van der Waals surface area contributed by atoms with Gasteiger partial charge in [-0.3, -0.25) is 0 Å². The van der Waals surface area contributed by atoms with E-state index in [0.29, 0.717) is 18.3 Å². The molecule has 2 heterocycles. The molecule has 0 atom stereocenters. The van der Waals surface area contributed by atoms with Gasteiger partial charge >= 0.3 is 0 Å². The average Bonchev–Trinajstić information content (AvgIpc) is 3.15. The normalized spacial score (nSPS) is 14.6. The van der Waals surface area contributed by atoms with Gasteiger partial charge in [-0.05, 0) is 38.8 Å². The molecule has 2 aromatic heterocycles. The summed E-state index contributed by atoms with van der Waals surface area (Å²) in [4.78, 5) is 8.93. The largest absolute Gasteiger partial charge is 0.465 e. The molecular formula is C14H18N4O. The van der Waals surface area contributed by atoms with E-state index in [2.05, 4.69) is 15.3 Å². The highest BCUT2D eigenvalue weighted by atomic mass is 16.3. The first-order valence-electron chi connectivity index (χ1n) is 6.56. The SMILES string of the molecule is Cc1ccc(CNc2nc(C3CC3)nc(N)c2C)o1. The Balaban J connectivity index is 1.79. The third kappa shape index (κ3) is 2.54. The first-order valence-corrected chi connectivity index (χ1v) is 6.56. The molecule has 1 fully saturated rings. The predicted octanol–water partition coefficient (Wildman–Crippen LogP) is 2.76. The van der Waals surface area contributed by atoms with E-state index in [-0.39, 0.29) is 0 Å². The minimum absolute atomic E-state index is 0.495. The maximum Gasteiger partial charge on any atom is 0.136 e. The molecule has 5 nitrogen and oxygen atoms in total. The maximum absolute atomic E-state index is 5.95. The third-order valence-corrected chi connectivity index (χ3v) is 3.37. The van der Waals surface area contributed by atoms with Crippen LogP contribution in [0.4, 0.5) is 11.6 Å². The van der Waals surface area contributed by atoms with E-state index in [1.54, 1.807) is 0 Å². The Morgan fingerprint density at radius 1 is 1.32 bits per heavy atom. The molecule has 0 bridgehead atoms. The standard InChI is InChI=1S/C14H18N4O/c1-8-3-6-11(19-8)7-16-13-9(2)12(15)17-14(18-13)10-4-5-10/h3,6,10H,4-5,7H2,1-2H3,(H3,15,16,17,18). The lowest BCUT2D eigenvalue weighted by Gasteiger charge is -2.11. The molecule has 0 unspecified atom stereocenters. The monoisotopic (exact) mass is 258 g/mol. The first-order chi connectivity index (χ1) is 9.13. The summed E-state index contributed by atoms with van der Waals surface area (Å²) in [6, 6.07) is 3.91. The Morgan fingerprint density at radius 2 is 2.11 bits per heavy atom. The van der Waals surface area contributed by atoms with Crippen LogP contribution in [0, 0.1) is 13.8 Å². The number of rotatable bonds is 4. The zero-order valence-corrected chi connectivity index (χ0v) is 11.2. The van der Waals surface area contributed by atoms with Crippen LogP contribution in [0.5, 0.6) is 0 Å². The minimum Gasteiger partial charge on any atom is -0.465 e. The Hall–Kier alpha value is -2.04. The molecule has 100 valence electrons. The fraction of sp³-hybridized carbons (Fsp3) is 0.429. The van der Waals surface area contributed by atoms with Crippen molar-refractivity contribution in [2.24, 2.45) is 0 Å². The van der Waals surface area contributed by atoms with Crippen LogP contribution < -0.4 is 11.1 Å². The Labute approximate surface area is 112 Å². The number of nitrogens with one attached hydrogen (secondary N) is 1. The Morgan fingerprint density at radius 3 is 2.74 bits per heavy atom. The van der Waals surface area contributed by atoms with E-state index in [9.17, 15) is 0 Å². The quantitative estimate of drug-likeness (QED) is 0.881.